The van der Waals surface area contributed by atoms with E-state index in [0.717, 1.165) is 12.5 Å². The quantitative estimate of drug-likeness (QED) is 0.810. The van der Waals surface area contributed by atoms with Gasteiger partial charge in [-0.2, -0.15) is 13.2 Å². The van der Waals surface area contributed by atoms with Gasteiger partial charge in [0, 0.05) is 24.2 Å². The smallest absolute Gasteiger partial charge is 0.349 e. The number of halogens is 3. The van der Waals surface area contributed by atoms with Crippen molar-refractivity contribution in [3.63, 3.8) is 0 Å². The summed E-state index contributed by atoms with van der Waals surface area (Å²) in [7, 11) is 0. The van der Waals surface area contributed by atoms with Crippen molar-refractivity contribution in [3.8, 4) is 0 Å². The summed E-state index contributed by atoms with van der Waals surface area (Å²) in [6.45, 7) is 0.407. The lowest BCUT2D eigenvalue weighted by Gasteiger charge is -2.32. The Morgan fingerprint density at radius 3 is 2.31 bits per heavy atom. The molecule has 3 atom stereocenters. The van der Waals surface area contributed by atoms with Crippen molar-refractivity contribution >= 4 is 17.6 Å². The van der Waals surface area contributed by atoms with Crippen LogP contribution in [0.2, 0.25) is 0 Å². The number of rotatable bonds is 3. The largest absolute Gasteiger partial charge is 0.418 e. The molecule has 1 aliphatic carbocycles. The number of alkyl halides is 3. The van der Waals surface area contributed by atoms with E-state index in [1.165, 1.54) is 18.2 Å². The van der Waals surface area contributed by atoms with Crippen molar-refractivity contribution in [3.05, 3.63) is 65.7 Å². The Labute approximate surface area is 165 Å². The van der Waals surface area contributed by atoms with Gasteiger partial charge in [-0.25, -0.2) is 4.79 Å². The zero-order valence-corrected chi connectivity index (χ0v) is 15.4. The van der Waals surface area contributed by atoms with E-state index in [-0.39, 0.29) is 29.6 Å². The first-order chi connectivity index (χ1) is 13.8. The molecule has 0 unspecified atom stereocenters. The Balaban J connectivity index is 1.38. The molecule has 3 amide bonds. The molecule has 0 spiro atoms. The summed E-state index contributed by atoms with van der Waals surface area (Å²) in [5.41, 5.74) is -0.541. The van der Waals surface area contributed by atoms with Crippen LogP contribution in [-0.4, -0.2) is 35.5 Å². The number of nitrogens with one attached hydrogen (secondary N) is 2. The molecule has 0 radical (unpaired) electrons. The molecule has 5 nitrogen and oxygen atoms in total. The number of fused-ring (bicyclic) bond motifs is 2. The zero-order valence-electron chi connectivity index (χ0n) is 15.4. The number of likely N-dealkylation sites (tertiary alicyclic amines) is 1. The first-order valence-corrected chi connectivity index (χ1v) is 9.42. The number of benzene rings is 2. The number of hydrogen-bond donors (Lipinski definition) is 2. The lowest BCUT2D eigenvalue weighted by atomic mass is 10.0. The topological polar surface area (TPSA) is 61.4 Å². The molecule has 2 aromatic rings. The Hall–Kier alpha value is -3.03. The highest BCUT2D eigenvalue weighted by Crippen LogP contribution is 2.39. The molecule has 2 aliphatic rings. The number of nitrogens with zero attached hydrogens (tertiary/aromatic N) is 1. The van der Waals surface area contributed by atoms with Crippen LogP contribution in [0.3, 0.4) is 0 Å². The number of anilines is 1. The highest BCUT2D eigenvalue weighted by atomic mass is 19.4. The normalized spacial score (nSPS) is 23.1. The van der Waals surface area contributed by atoms with Gasteiger partial charge in [0.1, 0.15) is 0 Å². The van der Waals surface area contributed by atoms with Crippen molar-refractivity contribution in [2.45, 2.75) is 31.1 Å². The van der Waals surface area contributed by atoms with Gasteiger partial charge in [-0.1, -0.05) is 30.3 Å². The van der Waals surface area contributed by atoms with Crippen LogP contribution in [0.5, 0.6) is 0 Å². The number of para-hydroxylation sites is 1. The predicted octanol–water partition coefficient (Wildman–Crippen LogP) is 4.13. The van der Waals surface area contributed by atoms with Crippen molar-refractivity contribution < 1.29 is 22.8 Å². The Morgan fingerprint density at radius 1 is 0.966 bits per heavy atom. The van der Waals surface area contributed by atoms with E-state index < -0.39 is 17.8 Å². The van der Waals surface area contributed by atoms with Gasteiger partial charge in [0.25, 0.3) is 5.91 Å². The number of carbonyl (C=O) groups is 2. The molecule has 1 heterocycles. The van der Waals surface area contributed by atoms with E-state index in [1.54, 1.807) is 29.2 Å². The minimum atomic E-state index is -4.54. The van der Waals surface area contributed by atoms with Gasteiger partial charge in [-0.15, -0.1) is 0 Å². The minimum absolute atomic E-state index is 0.0424. The van der Waals surface area contributed by atoms with E-state index in [1.807, 2.05) is 6.07 Å². The third-order valence-corrected chi connectivity index (χ3v) is 5.63. The molecule has 152 valence electrons. The molecule has 8 heteroatoms. The lowest BCUT2D eigenvalue weighted by Crippen LogP contribution is -2.48. The van der Waals surface area contributed by atoms with Crippen LogP contribution >= 0.6 is 0 Å². The minimum Gasteiger partial charge on any atom is -0.349 e. The molecule has 2 fully saturated rings. The van der Waals surface area contributed by atoms with Crippen LogP contribution in [0.4, 0.5) is 23.7 Å². The number of piperidine rings is 1. The van der Waals surface area contributed by atoms with E-state index in [9.17, 15) is 22.8 Å². The second-order valence-corrected chi connectivity index (χ2v) is 7.46. The fourth-order valence-corrected chi connectivity index (χ4v) is 4.25. The number of urea groups is 1. The van der Waals surface area contributed by atoms with Gasteiger partial charge in [-0.3, -0.25) is 4.79 Å². The van der Waals surface area contributed by atoms with Crippen molar-refractivity contribution in [2.24, 2.45) is 5.92 Å². The van der Waals surface area contributed by atoms with E-state index in [4.69, 9.17) is 0 Å². The summed E-state index contributed by atoms with van der Waals surface area (Å²) in [4.78, 5) is 26.5. The van der Waals surface area contributed by atoms with Crippen molar-refractivity contribution in [1.82, 2.24) is 10.2 Å². The highest BCUT2D eigenvalue weighted by molar-refractivity contribution is 5.94. The van der Waals surface area contributed by atoms with Crippen LogP contribution in [0.1, 0.15) is 28.8 Å². The fraction of sp³-hybridized carbons (Fsp3) is 0.333. The average molecular weight is 403 g/mol. The Bertz CT molecular complexity index is 917. The highest BCUT2D eigenvalue weighted by Gasteiger charge is 2.47. The number of amides is 3. The first kappa shape index (κ1) is 19.3. The van der Waals surface area contributed by atoms with Gasteiger partial charge in [0.05, 0.1) is 11.3 Å². The summed E-state index contributed by atoms with van der Waals surface area (Å²) in [5, 5.41) is 5.42. The number of hydrogen-bond acceptors (Lipinski definition) is 2. The van der Waals surface area contributed by atoms with Gasteiger partial charge in [-0.05, 0) is 43.0 Å². The maximum atomic E-state index is 13.1. The summed E-state index contributed by atoms with van der Waals surface area (Å²) in [5.74, 6) is -0.0606. The maximum Gasteiger partial charge on any atom is 0.418 e. The molecular formula is C21H20F3N3O2. The monoisotopic (exact) mass is 403 g/mol. The van der Waals surface area contributed by atoms with Gasteiger partial charge < -0.3 is 15.5 Å². The van der Waals surface area contributed by atoms with Crippen LogP contribution < -0.4 is 10.6 Å². The summed E-state index contributed by atoms with van der Waals surface area (Å²) >= 11 is 0. The van der Waals surface area contributed by atoms with Gasteiger partial charge in [0.2, 0.25) is 0 Å². The molecule has 2 N–H and O–H groups in total. The fourth-order valence-electron chi connectivity index (χ4n) is 4.25. The van der Waals surface area contributed by atoms with Crippen LogP contribution in [0.15, 0.2) is 54.6 Å². The van der Waals surface area contributed by atoms with Crippen molar-refractivity contribution in [2.75, 3.05) is 11.9 Å². The van der Waals surface area contributed by atoms with E-state index >= 15 is 0 Å². The predicted molar refractivity (Wildman–Crippen MR) is 101 cm³/mol. The standard InChI is InChI=1S/C21H20F3N3O2/c22-21(23,24)16-8-4-5-9-17(16)26-20(29)27-12-14-10-15(27)11-18(14)25-19(28)13-6-2-1-3-7-13/h1-9,14-15,18H,10-12H2,(H,25,28)(H,26,29)/t14-,15-,18-/m0/s1. The van der Waals surface area contributed by atoms with Gasteiger partial charge >= 0.3 is 12.2 Å². The molecule has 0 aromatic heterocycles. The Morgan fingerprint density at radius 2 is 1.66 bits per heavy atom. The average Bonchev–Trinajstić information content (AvgIpc) is 3.28. The SMILES string of the molecule is O=C(N[C@H]1C[C@@H]2C[C@H]1CN2C(=O)Nc1ccccc1C(F)(F)F)c1ccccc1. The van der Waals surface area contributed by atoms with Crippen LogP contribution in [0.25, 0.3) is 0 Å². The molecule has 2 aromatic carbocycles. The maximum absolute atomic E-state index is 13.1. The third kappa shape index (κ3) is 3.92. The number of carbonyl (C=O) groups excluding carboxylic acids is 2. The zero-order chi connectivity index (χ0) is 20.6. The summed E-state index contributed by atoms with van der Waals surface area (Å²) in [6.07, 6.45) is -3.22. The third-order valence-electron chi connectivity index (χ3n) is 5.63. The lowest BCUT2D eigenvalue weighted by molar-refractivity contribution is -0.136. The first-order valence-electron chi connectivity index (χ1n) is 9.42. The molecule has 4 rings (SSSR count). The van der Waals surface area contributed by atoms with Crippen molar-refractivity contribution in [1.29, 1.82) is 0 Å². The van der Waals surface area contributed by atoms with Gasteiger partial charge in [0.15, 0.2) is 0 Å². The molecule has 1 saturated heterocycles. The van der Waals surface area contributed by atoms with E-state index in [2.05, 4.69) is 10.6 Å². The molecule has 1 saturated carbocycles. The second kappa shape index (κ2) is 7.42. The molecule has 2 bridgehead atoms. The Kier molecular flexibility index (Phi) is 4.94. The van der Waals surface area contributed by atoms with E-state index in [0.29, 0.717) is 18.5 Å². The second-order valence-electron chi connectivity index (χ2n) is 7.46. The summed E-state index contributed by atoms with van der Waals surface area (Å²) < 4.78 is 39.4. The molecule has 29 heavy (non-hydrogen) atoms. The molecule has 1 aliphatic heterocycles. The van der Waals surface area contributed by atoms with Crippen LogP contribution in [0, 0.1) is 5.92 Å². The molecular weight excluding hydrogens is 383 g/mol. The van der Waals surface area contributed by atoms with Crippen LogP contribution in [-0.2, 0) is 6.18 Å². The summed E-state index contributed by atoms with van der Waals surface area (Å²) in [6, 6.07) is 13.1.